The van der Waals surface area contributed by atoms with Gasteiger partial charge in [-0.25, -0.2) is 0 Å². The molecule has 5 heteroatoms. The summed E-state index contributed by atoms with van der Waals surface area (Å²) in [7, 11) is 4.05. The monoisotopic (exact) mass is 381 g/mol. The van der Waals surface area contributed by atoms with E-state index < -0.39 is 0 Å². The van der Waals surface area contributed by atoms with Crippen molar-refractivity contribution < 1.29 is 11.7 Å². The number of carbonyl (C=O) groups excluding carboxylic acids is 1. The number of rotatable bonds is 12. The zero-order valence-electron chi connectivity index (χ0n) is 16.4. The van der Waals surface area contributed by atoms with Gasteiger partial charge in [-0.1, -0.05) is 81.4 Å². The highest BCUT2D eigenvalue weighted by atomic mass is 33.1. The van der Waals surface area contributed by atoms with Crippen LogP contribution in [0.4, 0.5) is 0 Å². The number of hydrogen-bond acceptors (Lipinski definition) is 3. The fourth-order valence-corrected chi connectivity index (χ4v) is 5.60. The molecule has 0 bridgehead atoms. The Labute approximate surface area is 160 Å². The van der Waals surface area contributed by atoms with E-state index >= 15 is 0 Å². The van der Waals surface area contributed by atoms with Crippen molar-refractivity contribution in [1.29, 1.82) is 0 Å². The number of hydrogen-bond donors (Lipinski definition) is 1. The SMILES string of the molecule is CC.CC(C)CCCCCCNC(=O)CCCCC1CCSS1.O.[HH]. The third-order valence-electron chi connectivity index (χ3n) is 3.94. The van der Waals surface area contributed by atoms with E-state index in [1.165, 1.54) is 50.7 Å². The van der Waals surface area contributed by atoms with Crippen molar-refractivity contribution in [3.05, 3.63) is 0 Å². The van der Waals surface area contributed by atoms with Crippen LogP contribution in [0.15, 0.2) is 0 Å². The summed E-state index contributed by atoms with van der Waals surface area (Å²) < 4.78 is 0. The molecule has 1 heterocycles. The van der Waals surface area contributed by atoms with Crippen LogP contribution in [0.2, 0.25) is 0 Å². The number of carbonyl (C=O) groups is 1. The maximum atomic E-state index is 11.7. The van der Waals surface area contributed by atoms with Crippen LogP contribution in [0, 0.1) is 5.92 Å². The van der Waals surface area contributed by atoms with Crippen LogP contribution in [0.3, 0.4) is 0 Å². The first-order valence-corrected chi connectivity index (χ1v) is 12.1. The van der Waals surface area contributed by atoms with Gasteiger partial charge in [-0.3, -0.25) is 4.79 Å². The van der Waals surface area contributed by atoms with E-state index in [4.69, 9.17) is 0 Å². The van der Waals surface area contributed by atoms with Crippen molar-refractivity contribution in [2.45, 2.75) is 97.2 Å². The second-order valence-electron chi connectivity index (χ2n) is 6.52. The summed E-state index contributed by atoms with van der Waals surface area (Å²) in [6.07, 6.45) is 12.0. The van der Waals surface area contributed by atoms with Crippen LogP contribution in [-0.2, 0) is 4.79 Å². The van der Waals surface area contributed by atoms with Gasteiger partial charge in [0.05, 0.1) is 0 Å². The lowest BCUT2D eigenvalue weighted by Crippen LogP contribution is -2.24. The maximum absolute atomic E-state index is 11.7. The molecular weight excluding hydrogens is 338 g/mol. The second kappa shape index (κ2) is 19.5. The Morgan fingerprint density at radius 1 is 1.12 bits per heavy atom. The van der Waals surface area contributed by atoms with E-state index in [1.807, 2.05) is 35.4 Å². The summed E-state index contributed by atoms with van der Waals surface area (Å²) in [4.78, 5) is 11.7. The molecule has 1 aliphatic heterocycles. The van der Waals surface area contributed by atoms with E-state index in [0.717, 1.165) is 37.0 Å². The van der Waals surface area contributed by atoms with E-state index in [-0.39, 0.29) is 12.8 Å². The molecule has 24 heavy (non-hydrogen) atoms. The second-order valence-corrected chi connectivity index (χ2v) is 9.31. The lowest BCUT2D eigenvalue weighted by atomic mass is 10.0. The Balaban J connectivity index is -0.00000116. The van der Waals surface area contributed by atoms with Crippen LogP contribution < -0.4 is 5.32 Å². The molecule has 0 saturated carbocycles. The molecule has 3 N–H and O–H groups in total. The smallest absolute Gasteiger partial charge is 0.219 e. The van der Waals surface area contributed by atoms with Gasteiger partial charge in [0.2, 0.25) is 5.91 Å². The van der Waals surface area contributed by atoms with Gasteiger partial charge in [0.1, 0.15) is 0 Å². The van der Waals surface area contributed by atoms with E-state index in [2.05, 4.69) is 19.2 Å². The summed E-state index contributed by atoms with van der Waals surface area (Å²) in [5.74, 6) is 2.39. The summed E-state index contributed by atoms with van der Waals surface area (Å²) in [5.41, 5.74) is 0. The fourth-order valence-electron chi connectivity index (χ4n) is 2.57. The van der Waals surface area contributed by atoms with Gasteiger partial charge < -0.3 is 10.8 Å². The minimum Gasteiger partial charge on any atom is -0.412 e. The highest BCUT2D eigenvalue weighted by Crippen LogP contribution is 2.39. The molecule has 3 nitrogen and oxygen atoms in total. The Bertz CT molecular complexity index is 276. The van der Waals surface area contributed by atoms with Gasteiger partial charge in [-0.15, -0.1) is 0 Å². The van der Waals surface area contributed by atoms with Gasteiger partial charge in [-0.05, 0) is 31.6 Å². The molecule has 1 amide bonds. The average Bonchev–Trinajstić information content (AvgIpc) is 3.05. The number of nitrogens with one attached hydrogen (secondary N) is 1. The summed E-state index contributed by atoms with van der Waals surface area (Å²) in [6.45, 7) is 9.44. The topological polar surface area (TPSA) is 60.6 Å². The quantitative estimate of drug-likeness (QED) is 0.339. The van der Waals surface area contributed by atoms with Crippen LogP contribution in [0.1, 0.15) is 93.3 Å². The normalized spacial score (nSPS) is 16.3. The lowest BCUT2D eigenvalue weighted by molar-refractivity contribution is -0.121. The third kappa shape index (κ3) is 17.0. The summed E-state index contributed by atoms with van der Waals surface area (Å²) >= 11 is 0. The lowest BCUT2D eigenvalue weighted by Gasteiger charge is -2.08. The highest BCUT2D eigenvalue weighted by molar-refractivity contribution is 8.77. The molecular formula is C19H43NO2S2. The minimum absolute atomic E-state index is 0. The van der Waals surface area contributed by atoms with E-state index in [1.54, 1.807) is 0 Å². The van der Waals surface area contributed by atoms with Crippen molar-refractivity contribution in [2.24, 2.45) is 5.92 Å². The predicted molar refractivity (Wildman–Crippen MR) is 115 cm³/mol. The van der Waals surface area contributed by atoms with Crippen LogP contribution in [-0.4, -0.2) is 28.9 Å². The predicted octanol–water partition coefficient (Wildman–Crippen LogP) is 5.87. The minimum atomic E-state index is 0. The zero-order valence-corrected chi connectivity index (χ0v) is 18.0. The first-order chi connectivity index (χ1) is 11.2. The molecule has 1 aliphatic rings. The molecule has 1 saturated heterocycles. The van der Waals surface area contributed by atoms with Crippen LogP contribution in [0.25, 0.3) is 0 Å². The Morgan fingerprint density at radius 2 is 1.83 bits per heavy atom. The molecule has 0 aliphatic carbocycles. The molecule has 0 aromatic rings. The molecule has 0 aromatic heterocycles. The van der Waals surface area contributed by atoms with Crippen molar-refractivity contribution in [3.8, 4) is 0 Å². The zero-order chi connectivity index (χ0) is 17.3. The van der Waals surface area contributed by atoms with Crippen molar-refractivity contribution in [3.63, 3.8) is 0 Å². The molecule has 0 radical (unpaired) electrons. The van der Waals surface area contributed by atoms with Gasteiger partial charge in [-0.2, -0.15) is 0 Å². The van der Waals surface area contributed by atoms with E-state index in [0.29, 0.717) is 0 Å². The first kappa shape index (κ1) is 26.4. The molecule has 0 spiro atoms. The highest BCUT2D eigenvalue weighted by Gasteiger charge is 2.15. The van der Waals surface area contributed by atoms with Gasteiger partial charge in [0.25, 0.3) is 0 Å². The molecule has 1 rings (SSSR count). The van der Waals surface area contributed by atoms with Gasteiger partial charge >= 0.3 is 0 Å². The van der Waals surface area contributed by atoms with Gasteiger partial charge in [0, 0.05) is 25.4 Å². The van der Waals surface area contributed by atoms with E-state index in [9.17, 15) is 4.79 Å². The molecule has 1 fully saturated rings. The Morgan fingerprint density at radius 3 is 2.46 bits per heavy atom. The first-order valence-electron chi connectivity index (χ1n) is 9.73. The average molecular weight is 382 g/mol. The molecule has 1 unspecified atom stereocenters. The largest absolute Gasteiger partial charge is 0.412 e. The Hall–Kier alpha value is 0.130. The van der Waals surface area contributed by atoms with Crippen molar-refractivity contribution in [2.75, 3.05) is 12.3 Å². The number of unbranched alkanes of at least 4 members (excludes halogenated alkanes) is 4. The number of amides is 1. The van der Waals surface area contributed by atoms with Crippen molar-refractivity contribution in [1.82, 2.24) is 5.32 Å². The maximum Gasteiger partial charge on any atom is 0.219 e. The van der Waals surface area contributed by atoms with Crippen molar-refractivity contribution >= 4 is 27.5 Å². The molecule has 1 atom stereocenters. The summed E-state index contributed by atoms with van der Waals surface area (Å²) in [6, 6.07) is 0. The standard InChI is InChI=1S/C17H33NOS2.C2H6.H2O.H2/c1-15(2)9-5-3-4-8-13-18-17(19)11-7-6-10-16-12-14-20-21-16;1-2;;/h15-16H,3-14H2,1-2H3,(H,18,19);1-2H3;1H2;1H. The van der Waals surface area contributed by atoms with Crippen LogP contribution >= 0.6 is 21.6 Å². The third-order valence-corrected chi connectivity index (χ3v) is 6.94. The molecule has 0 aromatic carbocycles. The molecule has 148 valence electrons. The van der Waals surface area contributed by atoms with Gasteiger partial charge in [0.15, 0.2) is 0 Å². The summed E-state index contributed by atoms with van der Waals surface area (Å²) in [5, 5.41) is 3.91. The Kier molecular flexibility index (Phi) is 21.4. The van der Waals surface area contributed by atoms with Crippen LogP contribution in [0.5, 0.6) is 0 Å². The fraction of sp³-hybridized carbons (Fsp3) is 0.947.